The Kier molecular flexibility index (Phi) is 5.47. The van der Waals surface area contributed by atoms with Crippen LogP contribution >= 0.6 is 0 Å². The summed E-state index contributed by atoms with van der Waals surface area (Å²) in [7, 11) is 0. The van der Waals surface area contributed by atoms with Crippen molar-refractivity contribution in [3.63, 3.8) is 0 Å². The van der Waals surface area contributed by atoms with Crippen LogP contribution < -0.4 is 5.32 Å². The van der Waals surface area contributed by atoms with Crippen molar-refractivity contribution in [2.75, 3.05) is 18.4 Å². The summed E-state index contributed by atoms with van der Waals surface area (Å²) in [6, 6.07) is 9.72. The molecule has 0 spiro atoms. The van der Waals surface area contributed by atoms with Crippen molar-refractivity contribution in [3.05, 3.63) is 47.7 Å². The van der Waals surface area contributed by atoms with Crippen LogP contribution in [0.25, 0.3) is 11.0 Å². The number of carbonyl (C=O) groups is 1. The lowest BCUT2D eigenvalue weighted by molar-refractivity contribution is -0.132. The number of rotatable bonds is 5. The molecule has 1 amide bonds. The van der Waals surface area contributed by atoms with Gasteiger partial charge in [-0.1, -0.05) is 12.1 Å². The van der Waals surface area contributed by atoms with Gasteiger partial charge < -0.3 is 14.8 Å². The van der Waals surface area contributed by atoms with E-state index in [0.717, 1.165) is 48.5 Å². The largest absolute Gasteiger partial charge is 0.359 e. The number of benzene rings is 1. The molecule has 1 aliphatic heterocycles. The van der Waals surface area contributed by atoms with Crippen molar-refractivity contribution in [3.8, 4) is 0 Å². The normalized spacial score (nSPS) is 15.5. The van der Waals surface area contributed by atoms with Gasteiger partial charge in [0.25, 0.3) is 0 Å². The first-order chi connectivity index (χ1) is 14.0. The Morgan fingerprint density at radius 3 is 2.66 bits per heavy atom. The van der Waals surface area contributed by atoms with E-state index in [1.807, 2.05) is 49.9 Å². The van der Waals surface area contributed by atoms with Gasteiger partial charge in [-0.25, -0.2) is 15.0 Å². The van der Waals surface area contributed by atoms with Crippen LogP contribution in [-0.2, 0) is 11.3 Å². The predicted octanol–water partition coefficient (Wildman–Crippen LogP) is 3.30. The highest BCUT2D eigenvalue weighted by Crippen LogP contribution is 2.18. The van der Waals surface area contributed by atoms with Gasteiger partial charge in [0.05, 0.1) is 23.3 Å². The second-order valence-corrected chi connectivity index (χ2v) is 7.78. The average Bonchev–Trinajstić information content (AvgIpc) is 3.03. The highest BCUT2D eigenvalue weighted by atomic mass is 16.2. The van der Waals surface area contributed by atoms with E-state index in [9.17, 15) is 4.79 Å². The molecule has 152 valence electrons. The topological polar surface area (TPSA) is 75.9 Å². The molecular weight excluding hydrogens is 364 g/mol. The Morgan fingerprint density at radius 2 is 1.86 bits per heavy atom. The van der Waals surface area contributed by atoms with Gasteiger partial charge in [0.15, 0.2) is 0 Å². The van der Waals surface area contributed by atoms with Gasteiger partial charge >= 0.3 is 0 Å². The van der Waals surface area contributed by atoms with Crippen LogP contribution in [0, 0.1) is 13.8 Å². The van der Waals surface area contributed by atoms with Crippen LogP contribution in [0.1, 0.15) is 43.5 Å². The van der Waals surface area contributed by atoms with Crippen LogP contribution in [0.2, 0.25) is 0 Å². The molecule has 0 aliphatic carbocycles. The van der Waals surface area contributed by atoms with E-state index in [2.05, 4.69) is 30.9 Å². The lowest BCUT2D eigenvalue weighted by Crippen LogP contribution is -2.44. The van der Waals surface area contributed by atoms with E-state index in [1.54, 1.807) is 0 Å². The molecule has 7 heteroatoms. The molecule has 29 heavy (non-hydrogen) atoms. The number of hydrogen-bond acceptors (Lipinski definition) is 5. The molecule has 0 bridgehead atoms. The van der Waals surface area contributed by atoms with Gasteiger partial charge in [-0.3, -0.25) is 4.79 Å². The summed E-state index contributed by atoms with van der Waals surface area (Å²) < 4.78 is 2.16. The molecule has 3 heterocycles. The molecule has 1 N–H and O–H groups in total. The quantitative estimate of drug-likeness (QED) is 0.721. The van der Waals surface area contributed by atoms with Crippen molar-refractivity contribution >= 4 is 22.8 Å². The summed E-state index contributed by atoms with van der Waals surface area (Å²) in [5.41, 5.74) is 2.96. The Hall–Kier alpha value is -2.96. The van der Waals surface area contributed by atoms with E-state index in [4.69, 9.17) is 0 Å². The molecule has 1 unspecified atom stereocenters. The molecule has 7 nitrogen and oxygen atoms in total. The number of para-hydroxylation sites is 2. The van der Waals surface area contributed by atoms with Crippen molar-refractivity contribution in [1.29, 1.82) is 0 Å². The molecule has 0 saturated carbocycles. The predicted molar refractivity (Wildman–Crippen MR) is 114 cm³/mol. The second kappa shape index (κ2) is 8.19. The van der Waals surface area contributed by atoms with Gasteiger partial charge in [-0.05, 0) is 52.2 Å². The number of imidazole rings is 1. The van der Waals surface area contributed by atoms with Crippen LogP contribution in [0.3, 0.4) is 0 Å². The van der Waals surface area contributed by atoms with Gasteiger partial charge in [0, 0.05) is 19.2 Å². The van der Waals surface area contributed by atoms with Crippen LogP contribution in [0.15, 0.2) is 30.3 Å². The fourth-order valence-electron chi connectivity index (χ4n) is 4.01. The van der Waals surface area contributed by atoms with E-state index >= 15 is 0 Å². The Morgan fingerprint density at radius 1 is 1.10 bits per heavy atom. The third-order valence-electron chi connectivity index (χ3n) is 5.46. The molecule has 2 aromatic heterocycles. The number of carbonyl (C=O) groups excluding carboxylic acids is 1. The monoisotopic (exact) mass is 392 g/mol. The zero-order valence-electron chi connectivity index (χ0n) is 17.4. The third kappa shape index (κ3) is 4.23. The van der Waals surface area contributed by atoms with E-state index < -0.39 is 0 Å². The smallest absolute Gasteiger partial charge is 0.244 e. The maximum Gasteiger partial charge on any atom is 0.244 e. The molecule has 1 atom stereocenters. The Bertz CT molecular complexity index is 1020. The summed E-state index contributed by atoms with van der Waals surface area (Å²) >= 11 is 0. The number of nitrogens with one attached hydrogen (secondary N) is 1. The van der Waals surface area contributed by atoms with Crippen LogP contribution in [0.4, 0.5) is 5.82 Å². The number of nitrogens with zero attached hydrogens (tertiary/aromatic N) is 5. The minimum atomic E-state index is -0.314. The number of fused-ring (bicyclic) bond motifs is 1. The van der Waals surface area contributed by atoms with E-state index in [0.29, 0.717) is 18.2 Å². The van der Waals surface area contributed by atoms with Crippen molar-refractivity contribution in [1.82, 2.24) is 24.4 Å². The number of amides is 1. The third-order valence-corrected chi connectivity index (χ3v) is 5.46. The first-order valence-corrected chi connectivity index (χ1v) is 10.3. The summed E-state index contributed by atoms with van der Waals surface area (Å²) in [5.74, 6) is 2.46. The SMILES string of the molecule is Cc1nc(Cn2c(C)nc3ccccc32)cc(NC(C)C(=O)N2CCCCC2)n1. The lowest BCUT2D eigenvalue weighted by Gasteiger charge is -2.29. The zero-order chi connectivity index (χ0) is 20.4. The first-order valence-electron chi connectivity index (χ1n) is 10.3. The van der Waals surface area contributed by atoms with Gasteiger partial charge in [-0.15, -0.1) is 0 Å². The van der Waals surface area contributed by atoms with Crippen molar-refractivity contribution in [2.45, 2.75) is 52.6 Å². The number of piperidine rings is 1. The highest BCUT2D eigenvalue weighted by Gasteiger charge is 2.22. The number of likely N-dealkylation sites (tertiary alicyclic amines) is 1. The fourth-order valence-corrected chi connectivity index (χ4v) is 4.01. The molecular formula is C22H28N6O. The number of hydrogen-bond donors (Lipinski definition) is 1. The van der Waals surface area contributed by atoms with Gasteiger partial charge in [-0.2, -0.15) is 0 Å². The minimum Gasteiger partial charge on any atom is -0.359 e. The fraction of sp³-hybridized carbons (Fsp3) is 0.455. The zero-order valence-corrected chi connectivity index (χ0v) is 17.4. The number of aromatic nitrogens is 4. The maximum absolute atomic E-state index is 12.7. The lowest BCUT2D eigenvalue weighted by atomic mass is 10.1. The van der Waals surface area contributed by atoms with Crippen molar-refractivity contribution < 1.29 is 4.79 Å². The first kappa shape index (κ1) is 19.4. The summed E-state index contributed by atoms with van der Waals surface area (Å²) in [6.07, 6.45) is 3.39. The molecule has 1 saturated heterocycles. The molecule has 3 aromatic rings. The number of anilines is 1. The molecule has 1 aliphatic rings. The van der Waals surface area contributed by atoms with Crippen LogP contribution in [0.5, 0.6) is 0 Å². The van der Waals surface area contributed by atoms with E-state index in [-0.39, 0.29) is 11.9 Å². The molecule has 4 rings (SSSR count). The highest BCUT2D eigenvalue weighted by molar-refractivity contribution is 5.84. The Labute approximate surface area is 171 Å². The van der Waals surface area contributed by atoms with Gasteiger partial charge in [0.1, 0.15) is 23.5 Å². The average molecular weight is 393 g/mol. The number of aryl methyl sites for hydroxylation is 2. The molecule has 1 fully saturated rings. The van der Waals surface area contributed by atoms with Crippen LogP contribution in [-0.4, -0.2) is 49.5 Å². The standard InChI is InChI=1S/C22H28N6O/c1-15(22(29)27-11-7-4-8-12-27)23-21-13-18(24-16(2)25-21)14-28-17(3)26-19-9-5-6-10-20(19)28/h5-6,9-10,13,15H,4,7-8,11-12,14H2,1-3H3,(H,23,24,25). The summed E-state index contributed by atoms with van der Waals surface area (Å²) in [5, 5.41) is 3.28. The maximum atomic E-state index is 12.7. The van der Waals surface area contributed by atoms with E-state index in [1.165, 1.54) is 6.42 Å². The minimum absolute atomic E-state index is 0.138. The summed E-state index contributed by atoms with van der Waals surface area (Å²) in [4.78, 5) is 28.4. The molecule has 0 radical (unpaired) electrons. The second-order valence-electron chi connectivity index (χ2n) is 7.78. The summed E-state index contributed by atoms with van der Waals surface area (Å²) in [6.45, 7) is 8.11. The van der Waals surface area contributed by atoms with Crippen molar-refractivity contribution in [2.24, 2.45) is 0 Å². The Balaban J connectivity index is 1.53. The van der Waals surface area contributed by atoms with Gasteiger partial charge in [0.2, 0.25) is 5.91 Å². The molecule has 1 aromatic carbocycles.